The Morgan fingerprint density at radius 2 is 1.14 bits per heavy atom. The fraction of sp³-hybridized carbons (Fsp3) is 0. The molecule has 2 amide bonds. The fourth-order valence-corrected chi connectivity index (χ4v) is 6.10. The summed E-state index contributed by atoms with van der Waals surface area (Å²) >= 11 is 0. The Morgan fingerprint density at radius 1 is 0.625 bits per heavy atom. The molecule has 0 aliphatic heterocycles. The zero-order valence-electron chi connectivity index (χ0n) is 29.4. The van der Waals surface area contributed by atoms with Crippen LogP contribution in [0.15, 0.2) is 152 Å². The van der Waals surface area contributed by atoms with Gasteiger partial charge < -0.3 is 26.0 Å². The average molecular weight is 810 g/mol. The largest absolute Gasteiger partial charge is 1.00 e. The van der Waals surface area contributed by atoms with Crippen molar-refractivity contribution < 1.29 is 99.8 Å². The SMILES string of the molecule is Nc1ccc(C(=O)Nc2cccc(C(=O)Nc3ccc4c([O-])c(N=Nc5ccc(N=Nc6ccc(S(=O)(=O)[O-])cc6)cc5)c(S(=O)(=O)O)cc4c3)c2)cc1.[Na+].[Na+]. The Hall–Kier alpha value is -4.86. The number of anilines is 3. The Labute approximate surface area is 364 Å². The van der Waals surface area contributed by atoms with Gasteiger partial charge >= 0.3 is 59.1 Å². The number of benzene rings is 6. The van der Waals surface area contributed by atoms with Gasteiger partial charge in [0.1, 0.15) is 15.0 Å². The number of carbonyl (C=O) groups excluding carboxylic acids is 2. The van der Waals surface area contributed by atoms with E-state index in [1.165, 1.54) is 66.7 Å². The molecule has 5 N–H and O–H groups in total. The monoisotopic (exact) mass is 809 g/mol. The maximum atomic E-state index is 13.4. The molecule has 6 aromatic rings. The van der Waals surface area contributed by atoms with Crippen LogP contribution in [-0.2, 0) is 20.2 Å². The van der Waals surface area contributed by atoms with Gasteiger partial charge in [-0.2, -0.15) is 23.8 Å². The summed E-state index contributed by atoms with van der Waals surface area (Å²) in [5.41, 5.74) is 7.44. The van der Waals surface area contributed by atoms with Crippen molar-refractivity contribution in [3.8, 4) is 5.75 Å². The molecule has 0 spiro atoms. The second kappa shape index (κ2) is 18.4. The zero-order chi connectivity index (χ0) is 38.6. The normalized spacial score (nSPS) is 11.5. The maximum absolute atomic E-state index is 13.4. The van der Waals surface area contributed by atoms with E-state index in [9.17, 15) is 40.6 Å². The van der Waals surface area contributed by atoms with Crippen LogP contribution in [0.25, 0.3) is 10.8 Å². The summed E-state index contributed by atoms with van der Waals surface area (Å²) in [4.78, 5) is 24.5. The molecule has 0 aliphatic carbocycles. The van der Waals surface area contributed by atoms with Gasteiger partial charge in [0.25, 0.3) is 21.9 Å². The van der Waals surface area contributed by atoms with Crippen molar-refractivity contribution >= 4 is 82.6 Å². The van der Waals surface area contributed by atoms with Crippen LogP contribution in [0.1, 0.15) is 20.7 Å². The molecule has 56 heavy (non-hydrogen) atoms. The number of carbonyl (C=O) groups is 2. The first-order chi connectivity index (χ1) is 25.6. The van der Waals surface area contributed by atoms with E-state index in [1.807, 2.05) is 0 Å². The predicted octanol–water partition coefficient (Wildman–Crippen LogP) is 0.990. The molecule has 0 saturated heterocycles. The Balaban J connectivity index is 0.00000348. The maximum Gasteiger partial charge on any atom is 1.00 e. The molecule has 16 nitrogen and oxygen atoms in total. The number of nitrogens with zero attached hydrogens (tertiary/aromatic N) is 4. The Bertz CT molecular complexity index is 2720. The quantitative estimate of drug-likeness (QED) is 0.0660. The second-order valence-corrected chi connectivity index (χ2v) is 14.2. The van der Waals surface area contributed by atoms with Crippen LogP contribution in [0.5, 0.6) is 5.75 Å². The minimum absolute atomic E-state index is 0. The molecule has 0 aromatic heterocycles. The molecular formula is C36H25N7Na2O9S2. The van der Waals surface area contributed by atoms with Crippen LogP contribution in [-0.4, -0.2) is 37.8 Å². The van der Waals surface area contributed by atoms with Crippen molar-refractivity contribution in [3.05, 3.63) is 132 Å². The Morgan fingerprint density at radius 3 is 1.70 bits per heavy atom. The third kappa shape index (κ3) is 10.9. The molecule has 0 atom stereocenters. The zero-order valence-corrected chi connectivity index (χ0v) is 35.1. The van der Waals surface area contributed by atoms with Crippen LogP contribution in [0.4, 0.5) is 39.8 Å². The van der Waals surface area contributed by atoms with Gasteiger partial charge in [0.2, 0.25) is 0 Å². The van der Waals surface area contributed by atoms with E-state index in [1.54, 1.807) is 36.4 Å². The molecule has 0 saturated carbocycles. The summed E-state index contributed by atoms with van der Waals surface area (Å²) in [5, 5.41) is 34.7. The number of nitrogens with two attached hydrogens (primary N) is 1. The molecule has 6 rings (SSSR count). The number of rotatable bonds is 10. The Kier molecular flexibility index (Phi) is 14.4. The van der Waals surface area contributed by atoms with Gasteiger partial charge in [0.15, 0.2) is 0 Å². The van der Waals surface area contributed by atoms with E-state index in [4.69, 9.17) is 5.73 Å². The molecule has 0 bridgehead atoms. The average Bonchev–Trinajstić information content (AvgIpc) is 3.13. The predicted molar refractivity (Wildman–Crippen MR) is 196 cm³/mol. The number of hydrogen-bond acceptors (Lipinski definition) is 13. The van der Waals surface area contributed by atoms with Crippen molar-refractivity contribution in [3.63, 3.8) is 0 Å². The summed E-state index contributed by atoms with van der Waals surface area (Å²) in [7, 11) is -9.58. The number of nitrogen functional groups attached to an aromatic ring is 1. The number of hydrogen-bond donors (Lipinski definition) is 4. The van der Waals surface area contributed by atoms with E-state index in [0.717, 1.165) is 18.2 Å². The van der Waals surface area contributed by atoms with E-state index >= 15 is 0 Å². The summed E-state index contributed by atoms with van der Waals surface area (Å²) in [5.74, 6) is -1.83. The van der Waals surface area contributed by atoms with E-state index in [0.29, 0.717) is 22.6 Å². The van der Waals surface area contributed by atoms with Crippen molar-refractivity contribution in [2.75, 3.05) is 16.4 Å². The summed E-state index contributed by atoms with van der Waals surface area (Å²) < 4.78 is 68.0. The molecule has 272 valence electrons. The minimum atomic E-state index is -4.98. The molecule has 0 heterocycles. The summed E-state index contributed by atoms with van der Waals surface area (Å²) in [6.07, 6.45) is 0. The molecule has 0 aliphatic rings. The first-order valence-corrected chi connectivity index (χ1v) is 18.3. The second-order valence-electron chi connectivity index (χ2n) is 11.4. The molecule has 0 radical (unpaired) electrons. The summed E-state index contributed by atoms with van der Waals surface area (Å²) in [6, 6.07) is 28.3. The van der Waals surface area contributed by atoms with E-state index in [-0.39, 0.29) is 92.5 Å². The van der Waals surface area contributed by atoms with Gasteiger partial charge in [0, 0.05) is 28.2 Å². The van der Waals surface area contributed by atoms with Crippen molar-refractivity contribution in [2.24, 2.45) is 20.5 Å². The van der Waals surface area contributed by atoms with Crippen LogP contribution in [0, 0.1) is 0 Å². The van der Waals surface area contributed by atoms with Crippen molar-refractivity contribution in [1.29, 1.82) is 0 Å². The van der Waals surface area contributed by atoms with Gasteiger partial charge in [-0.15, -0.1) is 5.11 Å². The topological polar surface area (TPSA) is 268 Å². The van der Waals surface area contributed by atoms with Gasteiger partial charge in [0.05, 0.1) is 27.6 Å². The van der Waals surface area contributed by atoms with Gasteiger partial charge in [-0.25, -0.2) is 8.42 Å². The van der Waals surface area contributed by atoms with Crippen LogP contribution >= 0.6 is 0 Å². The van der Waals surface area contributed by atoms with Gasteiger partial charge in [-0.05, 0) is 120 Å². The standard InChI is InChI=1S/C36H27N7O9S2.2Na/c37-24-6-4-21(5-7-24)35(45)38-28-3-1-2-22(18-28)36(46)39-29-14-17-31-23(19-29)20-32(54(50,51)52)33(34(31)44)43-42-26-10-8-25(9-11-26)40-41-27-12-15-30(16-13-27)53(47,48)49;;/h1-20,44H,37H2,(H,38,45)(H,39,46)(H,47,48,49)(H,50,51,52);;/q;2*+1/p-2. The van der Waals surface area contributed by atoms with Crippen LogP contribution < -0.4 is 80.6 Å². The van der Waals surface area contributed by atoms with Crippen molar-refractivity contribution in [2.45, 2.75) is 9.79 Å². The fourth-order valence-electron chi connectivity index (χ4n) is 4.97. The summed E-state index contributed by atoms with van der Waals surface area (Å²) in [6.45, 7) is 0. The number of amides is 2. The van der Waals surface area contributed by atoms with Gasteiger partial charge in [-0.3, -0.25) is 14.1 Å². The molecule has 6 aromatic carbocycles. The first-order valence-electron chi connectivity index (χ1n) is 15.5. The molecule has 0 unspecified atom stereocenters. The van der Waals surface area contributed by atoms with Crippen LogP contribution in [0.2, 0.25) is 0 Å². The van der Waals surface area contributed by atoms with E-state index < -0.39 is 53.3 Å². The van der Waals surface area contributed by atoms with Crippen molar-refractivity contribution in [1.82, 2.24) is 0 Å². The first kappa shape index (κ1) is 43.9. The molecule has 0 fully saturated rings. The van der Waals surface area contributed by atoms with Gasteiger partial charge in [-0.1, -0.05) is 17.9 Å². The smallest absolute Gasteiger partial charge is 0.871 e. The number of azo groups is 2. The number of nitrogens with one attached hydrogen (secondary N) is 2. The third-order valence-corrected chi connectivity index (χ3v) is 9.36. The third-order valence-electron chi connectivity index (χ3n) is 7.64. The molecular weight excluding hydrogens is 785 g/mol. The minimum Gasteiger partial charge on any atom is -0.871 e. The number of fused-ring (bicyclic) bond motifs is 1. The van der Waals surface area contributed by atoms with E-state index in [2.05, 4.69) is 31.1 Å². The van der Waals surface area contributed by atoms with Crippen LogP contribution in [0.3, 0.4) is 0 Å². The molecule has 20 heteroatoms.